The topological polar surface area (TPSA) is 47.6 Å². The highest BCUT2D eigenvalue weighted by molar-refractivity contribution is 5.89. The average molecular weight is 263 g/mol. The molecule has 19 heavy (non-hydrogen) atoms. The molecule has 0 saturated carbocycles. The van der Waals surface area contributed by atoms with Gasteiger partial charge in [0.1, 0.15) is 0 Å². The molecule has 0 amide bonds. The standard InChI is InChI=1S/C15H21NO3/c1-11(2)18-10-13-8-9-14(16-13)19-15(17)12-6-4-3-5-7-12/h3-7,11,13-14,16H,8-10H2,1-2H3. The number of hydrogen-bond donors (Lipinski definition) is 1. The fraction of sp³-hybridized carbons (Fsp3) is 0.533. The Morgan fingerprint density at radius 1 is 1.32 bits per heavy atom. The van der Waals surface area contributed by atoms with E-state index in [0.29, 0.717) is 12.2 Å². The molecule has 1 aliphatic rings. The van der Waals surface area contributed by atoms with E-state index < -0.39 is 0 Å². The van der Waals surface area contributed by atoms with E-state index in [1.165, 1.54) is 0 Å². The summed E-state index contributed by atoms with van der Waals surface area (Å²) < 4.78 is 11.0. The minimum Gasteiger partial charge on any atom is -0.443 e. The second-order valence-corrected chi connectivity index (χ2v) is 5.08. The van der Waals surface area contributed by atoms with Crippen molar-refractivity contribution in [3.8, 4) is 0 Å². The summed E-state index contributed by atoms with van der Waals surface area (Å²) >= 11 is 0. The van der Waals surface area contributed by atoms with Gasteiger partial charge in [-0.15, -0.1) is 0 Å². The lowest BCUT2D eigenvalue weighted by Gasteiger charge is -2.16. The van der Waals surface area contributed by atoms with Gasteiger partial charge in [-0.3, -0.25) is 5.32 Å². The van der Waals surface area contributed by atoms with E-state index in [0.717, 1.165) is 12.8 Å². The molecule has 1 saturated heterocycles. The first kappa shape index (κ1) is 14.0. The van der Waals surface area contributed by atoms with Gasteiger partial charge in [0.2, 0.25) is 0 Å². The van der Waals surface area contributed by atoms with Crippen molar-refractivity contribution in [3.05, 3.63) is 35.9 Å². The summed E-state index contributed by atoms with van der Waals surface area (Å²) in [6, 6.07) is 9.34. The first-order chi connectivity index (χ1) is 9.15. The second kappa shape index (κ2) is 6.68. The molecule has 1 N–H and O–H groups in total. The van der Waals surface area contributed by atoms with Crippen LogP contribution in [-0.4, -0.2) is 30.9 Å². The highest BCUT2D eigenvalue weighted by Gasteiger charge is 2.27. The maximum absolute atomic E-state index is 11.9. The summed E-state index contributed by atoms with van der Waals surface area (Å²) in [7, 11) is 0. The Morgan fingerprint density at radius 3 is 2.74 bits per heavy atom. The summed E-state index contributed by atoms with van der Waals surface area (Å²) in [4.78, 5) is 11.9. The van der Waals surface area contributed by atoms with Crippen molar-refractivity contribution in [2.75, 3.05) is 6.61 Å². The van der Waals surface area contributed by atoms with Gasteiger partial charge < -0.3 is 9.47 Å². The van der Waals surface area contributed by atoms with E-state index in [1.54, 1.807) is 12.1 Å². The van der Waals surface area contributed by atoms with E-state index in [9.17, 15) is 4.79 Å². The van der Waals surface area contributed by atoms with E-state index >= 15 is 0 Å². The van der Waals surface area contributed by atoms with Crippen LogP contribution in [0, 0.1) is 0 Å². The van der Waals surface area contributed by atoms with Crippen LogP contribution >= 0.6 is 0 Å². The van der Waals surface area contributed by atoms with Crippen LogP contribution in [0.2, 0.25) is 0 Å². The Morgan fingerprint density at radius 2 is 2.05 bits per heavy atom. The van der Waals surface area contributed by atoms with Gasteiger partial charge in [0.15, 0.2) is 6.23 Å². The lowest BCUT2D eigenvalue weighted by Crippen LogP contribution is -2.36. The lowest BCUT2D eigenvalue weighted by molar-refractivity contribution is 0.0208. The first-order valence-electron chi connectivity index (χ1n) is 6.79. The number of ether oxygens (including phenoxy) is 2. The smallest absolute Gasteiger partial charge is 0.339 e. The molecule has 2 atom stereocenters. The highest BCUT2D eigenvalue weighted by atomic mass is 16.6. The van der Waals surface area contributed by atoms with Gasteiger partial charge in [0.25, 0.3) is 0 Å². The number of nitrogens with one attached hydrogen (secondary N) is 1. The van der Waals surface area contributed by atoms with Crippen molar-refractivity contribution in [2.24, 2.45) is 0 Å². The minimum atomic E-state index is -0.275. The molecule has 4 nitrogen and oxygen atoms in total. The van der Waals surface area contributed by atoms with Crippen LogP contribution in [0.3, 0.4) is 0 Å². The summed E-state index contributed by atoms with van der Waals surface area (Å²) in [5.41, 5.74) is 0.589. The predicted octanol–water partition coefficient (Wildman–Crippen LogP) is 2.35. The summed E-state index contributed by atoms with van der Waals surface area (Å²) in [5, 5.41) is 3.28. The Bertz CT molecular complexity index is 405. The molecule has 0 aromatic heterocycles. The minimum absolute atomic E-state index is 0.200. The fourth-order valence-electron chi connectivity index (χ4n) is 2.09. The summed E-state index contributed by atoms with van der Waals surface area (Å²) in [6.45, 7) is 4.70. The van der Waals surface area contributed by atoms with Crippen LogP contribution in [0.5, 0.6) is 0 Å². The van der Waals surface area contributed by atoms with E-state index in [2.05, 4.69) is 5.32 Å². The maximum Gasteiger partial charge on any atom is 0.339 e. The zero-order valence-corrected chi connectivity index (χ0v) is 11.5. The zero-order chi connectivity index (χ0) is 13.7. The highest BCUT2D eigenvalue weighted by Crippen LogP contribution is 2.16. The van der Waals surface area contributed by atoms with Gasteiger partial charge >= 0.3 is 5.97 Å². The summed E-state index contributed by atoms with van der Waals surface area (Å²) in [5.74, 6) is -0.275. The molecule has 2 unspecified atom stereocenters. The Labute approximate surface area is 114 Å². The van der Waals surface area contributed by atoms with Crippen LogP contribution in [0.25, 0.3) is 0 Å². The van der Waals surface area contributed by atoms with E-state index in [4.69, 9.17) is 9.47 Å². The zero-order valence-electron chi connectivity index (χ0n) is 11.5. The van der Waals surface area contributed by atoms with Gasteiger partial charge in [-0.25, -0.2) is 4.79 Å². The Balaban J connectivity index is 1.77. The number of hydrogen-bond acceptors (Lipinski definition) is 4. The second-order valence-electron chi connectivity index (χ2n) is 5.08. The van der Waals surface area contributed by atoms with E-state index in [1.807, 2.05) is 32.0 Å². The van der Waals surface area contributed by atoms with Crippen molar-refractivity contribution < 1.29 is 14.3 Å². The molecule has 2 rings (SSSR count). The Hall–Kier alpha value is -1.39. The molecular formula is C15H21NO3. The molecule has 1 heterocycles. The van der Waals surface area contributed by atoms with Crippen LogP contribution in [0.1, 0.15) is 37.0 Å². The van der Waals surface area contributed by atoms with Crippen LogP contribution in [-0.2, 0) is 9.47 Å². The number of carbonyl (C=O) groups excluding carboxylic acids is 1. The predicted molar refractivity (Wildman–Crippen MR) is 72.9 cm³/mol. The third-order valence-electron chi connectivity index (χ3n) is 3.09. The van der Waals surface area contributed by atoms with Gasteiger partial charge in [0.05, 0.1) is 18.3 Å². The normalized spacial score (nSPS) is 22.7. The third kappa shape index (κ3) is 4.33. The fourth-order valence-corrected chi connectivity index (χ4v) is 2.09. The maximum atomic E-state index is 11.9. The Kier molecular flexibility index (Phi) is 4.93. The SMILES string of the molecule is CC(C)OCC1CCC(OC(=O)c2ccccc2)N1. The molecule has 4 heteroatoms. The van der Waals surface area contributed by atoms with Gasteiger partial charge in [-0.1, -0.05) is 18.2 Å². The van der Waals surface area contributed by atoms with Gasteiger partial charge in [0, 0.05) is 6.04 Å². The lowest BCUT2D eigenvalue weighted by atomic mass is 10.2. The molecule has 104 valence electrons. The van der Waals surface area contributed by atoms with E-state index in [-0.39, 0.29) is 24.3 Å². The number of benzene rings is 1. The molecule has 0 spiro atoms. The molecule has 1 aromatic rings. The van der Waals surface area contributed by atoms with Crippen molar-refractivity contribution in [1.29, 1.82) is 0 Å². The van der Waals surface area contributed by atoms with Crippen molar-refractivity contribution in [3.63, 3.8) is 0 Å². The van der Waals surface area contributed by atoms with Gasteiger partial charge in [-0.2, -0.15) is 0 Å². The molecule has 0 bridgehead atoms. The first-order valence-corrected chi connectivity index (χ1v) is 6.79. The molecule has 0 radical (unpaired) electrons. The molecule has 1 aromatic carbocycles. The molecule has 0 aliphatic carbocycles. The average Bonchev–Trinajstić information content (AvgIpc) is 2.85. The largest absolute Gasteiger partial charge is 0.443 e. The number of rotatable bonds is 5. The number of esters is 1. The molecule has 1 fully saturated rings. The molecule has 1 aliphatic heterocycles. The van der Waals surface area contributed by atoms with Crippen LogP contribution in [0.15, 0.2) is 30.3 Å². The van der Waals surface area contributed by atoms with Crippen molar-refractivity contribution in [1.82, 2.24) is 5.32 Å². The summed E-state index contributed by atoms with van der Waals surface area (Å²) in [6.07, 6.45) is 1.84. The van der Waals surface area contributed by atoms with Gasteiger partial charge in [-0.05, 0) is 38.8 Å². The number of carbonyl (C=O) groups is 1. The van der Waals surface area contributed by atoms with Crippen LogP contribution in [0.4, 0.5) is 0 Å². The van der Waals surface area contributed by atoms with Crippen LogP contribution < -0.4 is 5.32 Å². The monoisotopic (exact) mass is 263 g/mol. The van der Waals surface area contributed by atoms with Crippen molar-refractivity contribution >= 4 is 5.97 Å². The third-order valence-corrected chi connectivity index (χ3v) is 3.09. The quantitative estimate of drug-likeness (QED) is 0.828. The molecular weight excluding hydrogens is 242 g/mol. The van der Waals surface area contributed by atoms with Crippen molar-refractivity contribution in [2.45, 2.75) is 45.1 Å².